The summed E-state index contributed by atoms with van der Waals surface area (Å²) in [5.41, 5.74) is -3.31. The van der Waals surface area contributed by atoms with Gasteiger partial charge >= 0.3 is 17.9 Å². The zero-order valence-corrected chi connectivity index (χ0v) is 28.3. The normalized spacial score (nSPS) is 13.4. The first kappa shape index (κ1) is 42.2. The average molecular weight is 627 g/mol. The molecule has 0 aliphatic rings. The Morgan fingerprint density at radius 1 is 0.523 bits per heavy atom. The summed E-state index contributed by atoms with van der Waals surface area (Å²) in [4.78, 5) is 48.9. The summed E-state index contributed by atoms with van der Waals surface area (Å²) in [5.74, 6) is -5.74. The second-order valence-corrected chi connectivity index (χ2v) is 12.7. The number of carbonyl (C=O) groups excluding carboxylic acids is 3. The van der Waals surface area contributed by atoms with E-state index in [1.54, 1.807) is 0 Å². The van der Waals surface area contributed by atoms with E-state index in [1.807, 2.05) is 0 Å². The van der Waals surface area contributed by atoms with E-state index in [-0.39, 0.29) is 12.8 Å². The topological polar surface area (TPSA) is 138 Å². The van der Waals surface area contributed by atoms with Gasteiger partial charge in [0, 0.05) is 12.8 Å². The van der Waals surface area contributed by atoms with Gasteiger partial charge in [0.1, 0.15) is 0 Å². The number of unbranched alkanes of at least 4 members (excludes halogenated alkanes) is 24. The zero-order valence-electron chi connectivity index (χ0n) is 28.3. The molecule has 0 bridgehead atoms. The minimum Gasteiger partial charge on any atom is -0.479 e. The summed E-state index contributed by atoms with van der Waals surface area (Å²) in [7, 11) is 0. The van der Waals surface area contributed by atoms with Gasteiger partial charge in [0.15, 0.2) is 11.9 Å². The summed E-state index contributed by atoms with van der Waals surface area (Å²) in [6, 6.07) is 0. The van der Waals surface area contributed by atoms with Crippen molar-refractivity contribution in [1.82, 2.24) is 0 Å². The number of carboxylic acids is 1. The van der Waals surface area contributed by atoms with E-state index in [9.17, 15) is 34.5 Å². The van der Waals surface area contributed by atoms with Crippen LogP contribution < -0.4 is 0 Å². The van der Waals surface area contributed by atoms with Crippen LogP contribution in [0.15, 0.2) is 0 Å². The van der Waals surface area contributed by atoms with Gasteiger partial charge in [0.05, 0.1) is 0 Å². The highest BCUT2D eigenvalue weighted by atomic mass is 16.6. The summed E-state index contributed by atoms with van der Waals surface area (Å²) in [6.07, 6.45) is 25.8. The molecule has 2 unspecified atom stereocenters. The fourth-order valence-electron chi connectivity index (χ4n) is 5.57. The first-order valence-corrected chi connectivity index (χ1v) is 18.1. The van der Waals surface area contributed by atoms with Crippen LogP contribution in [-0.2, 0) is 23.9 Å². The van der Waals surface area contributed by atoms with Crippen molar-refractivity contribution >= 4 is 23.7 Å². The Kier molecular flexibility index (Phi) is 27.5. The van der Waals surface area contributed by atoms with Crippen molar-refractivity contribution in [3.8, 4) is 0 Å². The molecule has 0 aromatic rings. The molecule has 0 saturated heterocycles. The third kappa shape index (κ3) is 21.0. The Morgan fingerprint density at radius 2 is 0.818 bits per heavy atom. The number of carboxylic acid groups (broad SMARTS) is 1. The Balaban J connectivity index is 4.23. The fourth-order valence-corrected chi connectivity index (χ4v) is 5.57. The molecule has 0 aromatic carbocycles. The number of ether oxygens (including phenoxy) is 1. The predicted octanol–water partition coefficient (Wildman–Crippen LogP) is 8.76. The highest BCUT2D eigenvalue weighted by Crippen LogP contribution is 2.21. The molecule has 8 nitrogen and oxygen atoms in total. The Labute approximate surface area is 268 Å². The molecule has 2 atom stereocenters. The van der Waals surface area contributed by atoms with E-state index in [1.165, 1.54) is 103 Å². The number of Topliss-reactive ketones (excluding diaryl/α,β-unsaturated/α-hetero) is 1. The molecule has 44 heavy (non-hydrogen) atoms. The van der Waals surface area contributed by atoms with Crippen molar-refractivity contribution in [2.24, 2.45) is 0 Å². The third-order valence-corrected chi connectivity index (χ3v) is 8.56. The van der Waals surface area contributed by atoms with Crippen LogP contribution in [0.1, 0.15) is 194 Å². The number of aliphatic carboxylic acids is 1. The van der Waals surface area contributed by atoms with Crippen molar-refractivity contribution in [2.75, 3.05) is 0 Å². The van der Waals surface area contributed by atoms with Crippen LogP contribution in [0.2, 0.25) is 0 Å². The van der Waals surface area contributed by atoms with Crippen LogP contribution in [0.25, 0.3) is 0 Å². The SMILES string of the molecule is CCCCCCCCCCCCCCCC(=O)OC(=O)C(O)(C(=O)CCCCCCCCCCCCCCC)C(O)C(=O)O. The van der Waals surface area contributed by atoms with Crippen molar-refractivity contribution in [3.05, 3.63) is 0 Å². The quantitative estimate of drug-likeness (QED) is 0.0383. The molecule has 258 valence electrons. The molecule has 0 rings (SSSR count). The molecule has 0 spiro atoms. The number of rotatable bonds is 32. The van der Waals surface area contributed by atoms with Crippen LogP contribution in [0.3, 0.4) is 0 Å². The summed E-state index contributed by atoms with van der Waals surface area (Å²) in [6.45, 7) is 4.44. The number of aliphatic hydroxyl groups is 2. The lowest BCUT2D eigenvalue weighted by Gasteiger charge is -2.26. The van der Waals surface area contributed by atoms with Crippen molar-refractivity contribution in [1.29, 1.82) is 0 Å². The molecular formula is C36H66O8. The van der Waals surface area contributed by atoms with E-state index in [2.05, 4.69) is 18.6 Å². The lowest BCUT2D eigenvalue weighted by Crippen LogP contribution is -2.59. The van der Waals surface area contributed by atoms with Crippen LogP contribution in [0.4, 0.5) is 0 Å². The van der Waals surface area contributed by atoms with E-state index < -0.39 is 35.4 Å². The highest BCUT2D eigenvalue weighted by molar-refractivity contribution is 6.12. The second-order valence-electron chi connectivity index (χ2n) is 12.7. The fraction of sp³-hybridized carbons (Fsp3) is 0.889. The highest BCUT2D eigenvalue weighted by Gasteiger charge is 2.55. The predicted molar refractivity (Wildman–Crippen MR) is 175 cm³/mol. The van der Waals surface area contributed by atoms with Crippen molar-refractivity contribution in [3.63, 3.8) is 0 Å². The van der Waals surface area contributed by atoms with Crippen LogP contribution in [0, 0.1) is 0 Å². The van der Waals surface area contributed by atoms with Crippen LogP contribution in [0.5, 0.6) is 0 Å². The summed E-state index contributed by atoms with van der Waals surface area (Å²) >= 11 is 0. The van der Waals surface area contributed by atoms with Gasteiger partial charge in [-0.2, -0.15) is 0 Å². The lowest BCUT2D eigenvalue weighted by atomic mass is 9.88. The van der Waals surface area contributed by atoms with Gasteiger partial charge in [-0.15, -0.1) is 0 Å². The Hall–Kier alpha value is -1.80. The summed E-state index contributed by atoms with van der Waals surface area (Å²) < 4.78 is 4.66. The van der Waals surface area contributed by atoms with Gasteiger partial charge < -0.3 is 20.1 Å². The molecule has 0 saturated carbocycles. The first-order chi connectivity index (χ1) is 21.2. The minimum atomic E-state index is -3.31. The van der Waals surface area contributed by atoms with Gasteiger partial charge in [-0.25, -0.2) is 9.59 Å². The maximum Gasteiger partial charge on any atom is 0.357 e. The molecule has 8 heteroatoms. The van der Waals surface area contributed by atoms with E-state index in [4.69, 9.17) is 0 Å². The molecule has 0 amide bonds. The van der Waals surface area contributed by atoms with Gasteiger partial charge in [-0.05, 0) is 12.8 Å². The van der Waals surface area contributed by atoms with Crippen LogP contribution >= 0.6 is 0 Å². The van der Waals surface area contributed by atoms with Crippen molar-refractivity contribution in [2.45, 2.75) is 205 Å². The van der Waals surface area contributed by atoms with Crippen molar-refractivity contribution < 1.29 is 39.2 Å². The maximum absolute atomic E-state index is 12.7. The standard InChI is InChI=1S/C36H66O8/c1-3-5-7-9-11-13-15-17-19-21-23-25-27-29-31(37)36(43,33(39)34(40)41)35(42)44-32(38)30-28-26-24-22-20-18-16-14-12-10-8-6-4-2/h33,39,43H,3-30H2,1-2H3,(H,40,41). The number of esters is 2. The molecule has 3 N–H and O–H groups in total. The molecule has 0 aliphatic carbocycles. The molecular weight excluding hydrogens is 560 g/mol. The number of ketones is 1. The first-order valence-electron chi connectivity index (χ1n) is 18.1. The van der Waals surface area contributed by atoms with Gasteiger partial charge in [0.25, 0.3) is 5.60 Å². The Bertz CT molecular complexity index is 752. The second kappa shape index (κ2) is 28.7. The van der Waals surface area contributed by atoms with Gasteiger partial charge in [0.2, 0.25) is 0 Å². The maximum atomic E-state index is 12.7. The number of aliphatic hydroxyl groups excluding tert-OH is 1. The number of hydrogen-bond donors (Lipinski definition) is 3. The largest absolute Gasteiger partial charge is 0.479 e. The molecule has 0 radical (unpaired) electrons. The molecule has 0 aliphatic heterocycles. The van der Waals surface area contributed by atoms with Gasteiger partial charge in [-0.1, -0.05) is 168 Å². The van der Waals surface area contributed by atoms with E-state index in [0.717, 1.165) is 44.9 Å². The third-order valence-electron chi connectivity index (χ3n) is 8.56. The molecule has 0 fully saturated rings. The van der Waals surface area contributed by atoms with Crippen LogP contribution in [-0.4, -0.2) is 50.7 Å². The smallest absolute Gasteiger partial charge is 0.357 e. The summed E-state index contributed by atoms with van der Waals surface area (Å²) in [5, 5.41) is 29.9. The minimum absolute atomic E-state index is 0.0875. The Morgan fingerprint density at radius 3 is 1.14 bits per heavy atom. The number of hydrogen-bond acceptors (Lipinski definition) is 7. The zero-order chi connectivity index (χ0) is 32.9. The van der Waals surface area contributed by atoms with Gasteiger partial charge in [-0.3, -0.25) is 9.59 Å². The number of carbonyl (C=O) groups is 4. The molecule has 0 heterocycles. The lowest BCUT2D eigenvalue weighted by molar-refractivity contribution is -0.192. The average Bonchev–Trinajstić information content (AvgIpc) is 3.00. The molecule has 0 aromatic heterocycles. The van der Waals surface area contributed by atoms with E-state index >= 15 is 0 Å². The monoisotopic (exact) mass is 626 g/mol. The van der Waals surface area contributed by atoms with E-state index in [0.29, 0.717) is 19.3 Å².